The van der Waals surface area contributed by atoms with E-state index >= 15 is 0 Å². The Bertz CT molecular complexity index is 1570. The van der Waals surface area contributed by atoms with Gasteiger partial charge in [0.2, 0.25) is 0 Å². The lowest BCUT2D eigenvalue weighted by molar-refractivity contribution is -0.189. The van der Waals surface area contributed by atoms with Gasteiger partial charge in [0.15, 0.2) is 11.6 Å². The van der Waals surface area contributed by atoms with Crippen molar-refractivity contribution in [1.29, 1.82) is 0 Å². The molecule has 214 valence electrons. The molecule has 1 saturated carbocycles. The summed E-state index contributed by atoms with van der Waals surface area (Å²) in [5.74, 6) is -7.46. The fourth-order valence-corrected chi connectivity index (χ4v) is 5.27. The first-order valence-electron chi connectivity index (χ1n) is 13.0. The van der Waals surface area contributed by atoms with Crippen LogP contribution >= 0.6 is 0 Å². The van der Waals surface area contributed by atoms with Gasteiger partial charge in [0.05, 0.1) is 0 Å². The molecule has 1 aliphatic carbocycles. The summed E-state index contributed by atoms with van der Waals surface area (Å²) in [7, 11) is 0. The molecule has 1 nitrogen and oxygen atoms in total. The highest BCUT2D eigenvalue weighted by Crippen LogP contribution is 2.41. The Balaban J connectivity index is 1.36. The maximum Gasteiger partial charge on any atom is 0.432 e. The lowest BCUT2D eigenvalue weighted by atomic mass is 9.79. The second-order valence-corrected chi connectivity index (χ2v) is 10.4. The molecule has 0 amide bonds. The predicted molar refractivity (Wildman–Crippen MR) is 138 cm³/mol. The number of ether oxygens (including phenoxy) is 1. The molecule has 1 aliphatic rings. The van der Waals surface area contributed by atoms with E-state index in [2.05, 4.69) is 11.7 Å². The van der Waals surface area contributed by atoms with Gasteiger partial charge < -0.3 is 4.74 Å². The fraction of sp³-hybridized carbons (Fsp3) is 0.250. The quantitative estimate of drug-likeness (QED) is 0.208. The molecule has 0 aliphatic heterocycles. The van der Waals surface area contributed by atoms with Crippen LogP contribution in [0.4, 0.5) is 35.1 Å². The lowest BCUT2D eigenvalue weighted by Crippen LogP contribution is -2.25. The Morgan fingerprint density at radius 2 is 1.12 bits per heavy atom. The number of rotatable bonds is 6. The minimum atomic E-state index is -4.46. The van der Waals surface area contributed by atoms with Gasteiger partial charge in [-0.05, 0) is 83.8 Å². The van der Waals surface area contributed by atoms with Crippen LogP contribution in [-0.2, 0) is 6.11 Å². The second-order valence-electron chi connectivity index (χ2n) is 10.4. The number of alkyl halides is 2. The van der Waals surface area contributed by atoms with Crippen molar-refractivity contribution < 1.29 is 39.9 Å². The zero-order valence-corrected chi connectivity index (χ0v) is 21.8. The highest BCUT2D eigenvalue weighted by Gasteiger charge is 2.41. The van der Waals surface area contributed by atoms with Gasteiger partial charge in [-0.15, -0.1) is 0 Å². The molecule has 9 heteroatoms. The zero-order valence-electron chi connectivity index (χ0n) is 21.8. The van der Waals surface area contributed by atoms with Crippen LogP contribution in [0.25, 0.3) is 22.3 Å². The molecule has 41 heavy (non-hydrogen) atoms. The summed E-state index contributed by atoms with van der Waals surface area (Å²) in [6, 6.07) is 10.7. The molecule has 1 fully saturated rings. The average Bonchev–Trinajstić information content (AvgIpc) is 2.90. The van der Waals surface area contributed by atoms with E-state index < -0.39 is 52.3 Å². The van der Waals surface area contributed by atoms with Crippen molar-refractivity contribution in [1.82, 2.24) is 0 Å². The molecule has 0 radical (unpaired) electrons. The first kappa shape index (κ1) is 28.6. The fourth-order valence-electron chi connectivity index (χ4n) is 5.27. The SMILES string of the molecule is CC1CCC(c2cc(F)c(C(F)(F)Oc3ccc(-c4ccc(-c5ccc(F)c(F)c5)c(F)c4)c(F)c3)c(F)c2)CC1. The maximum atomic E-state index is 14.9. The van der Waals surface area contributed by atoms with Crippen molar-refractivity contribution in [2.75, 3.05) is 0 Å². The van der Waals surface area contributed by atoms with Crippen LogP contribution in [0.15, 0.2) is 66.7 Å². The Morgan fingerprint density at radius 1 is 0.585 bits per heavy atom. The Labute approximate surface area is 231 Å². The predicted octanol–water partition coefficient (Wildman–Crippen LogP) is 10.3. The molecule has 0 heterocycles. The van der Waals surface area contributed by atoms with Crippen LogP contribution < -0.4 is 4.74 Å². The van der Waals surface area contributed by atoms with E-state index in [1.807, 2.05) is 0 Å². The van der Waals surface area contributed by atoms with Gasteiger partial charge in [0.1, 0.15) is 34.6 Å². The molecule has 4 aromatic rings. The third-order valence-corrected chi connectivity index (χ3v) is 7.54. The number of hydrogen-bond donors (Lipinski definition) is 0. The minimum Gasteiger partial charge on any atom is -0.429 e. The molecule has 0 aromatic heterocycles. The number of halogens is 8. The van der Waals surface area contributed by atoms with Gasteiger partial charge in [0, 0.05) is 17.2 Å². The van der Waals surface area contributed by atoms with E-state index in [-0.39, 0.29) is 28.2 Å². The van der Waals surface area contributed by atoms with Crippen molar-refractivity contribution >= 4 is 0 Å². The third kappa shape index (κ3) is 5.94. The van der Waals surface area contributed by atoms with Crippen LogP contribution in [-0.4, -0.2) is 0 Å². The summed E-state index contributed by atoms with van der Waals surface area (Å²) >= 11 is 0. The monoisotopic (exact) mass is 576 g/mol. The first-order chi connectivity index (χ1) is 19.4. The van der Waals surface area contributed by atoms with E-state index in [0.717, 1.165) is 55.3 Å². The van der Waals surface area contributed by atoms with Crippen molar-refractivity contribution in [3.8, 4) is 28.0 Å². The minimum absolute atomic E-state index is 0.0226. The molecule has 5 rings (SSSR count). The zero-order chi connectivity index (χ0) is 29.5. The van der Waals surface area contributed by atoms with E-state index in [1.165, 1.54) is 18.2 Å². The highest BCUT2D eigenvalue weighted by atomic mass is 19.3. The van der Waals surface area contributed by atoms with E-state index in [1.54, 1.807) is 0 Å². The number of benzene rings is 4. The Hall–Kier alpha value is -3.88. The van der Waals surface area contributed by atoms with Crippen LogP contribution in [0.3, 0.4) is 0 Å². The largest absolute Gasteiger partial charge is 0.432 e. The van der Waals surface area contributed by atoms with Crippen molar-refractivity contribution in [3.63, 3.8) is 0 Å². The van der Waals surface area contributed by atoms with Gasteiger partial charge >= 0.3 is 6.11 Å². The molecule has 0 spiro atoms. The van der Waals surface area contributed by atoms with Gasteiger partial charge in [0.25, 0.3) is 0 Å². The van der Waals surface area contributed by atoms with E-state index in [4.69, 9.17) is 0 Å². The van der Waals surface area contributed by atoms with Gasteiger partial charge in [-0.1, -0.05) is 38.0 Å². The van der Waals surface area contributed by atoms with Crippen LogP contribution in [0.2, 0.25) is 0 Å². The molecular formula is C32H24F8O. The van der Waals surface area contributed by atoms with Crippen LogP contribution in [0.5, 0.6) is 5.75 Å². The molecule has 0 saturated heterocycles. The first-order valence-corrected chi connectivity index (χ1v) is 13.0. The smallest absolute Gasteiger partial charge is 0.429 e. The van der Waals surface area contributed by atoms with E-state index in [0.29, 0.717) is 30.4 Å². The molecule has 0 atom stereocenters. The summed E-state index contributed by atoms with van der Waals surface area (Å²) < 4.78 is 120. The summed E-state index contributed by atoms with van der Waals surface area (Å²) in [5.41, 5.74) is -1.44. The van der Waals surface area contributed by atoms with Crippen molar-refractivity contribution in [2.24, 2.45) is 5.92 Å². The summed E-state index contributed by atoms with van der Waals surface area (Å²) in [5, 5.41) is 0. The van der Waals surface area contributed by atoms with Crippen molar-refractivity contribution in [2.45, 2.75) is 44.6 Å². The summed E-state index contributed by atoms with van der Waals surface area (Å²) in [6.45, 7) is 2.08. The summed E-state index contributed by atoms with van der Waals surface area (Å²) in [4.78, 5) is 0. The molecule has 0 unspecified atom stereocenters. The van der Waals surface area contributed by atoms with Gasteiger partial charge in [-0.25, -0.2) is 26.3 Å². The Kier molecular flexibility index (Phi) is 7.81. The Morgan fingerprint density at radius 3 is 1.68 bits per heavy atom. The third-order valence-electron chi connectivity index (χ3n) is 7.54. The lowest BCUT2D eigenvalue weighted by Gasteiger charge is -2.27. The molecular weight excluding hydrogens is 552 g/mol. The normalized spacial score (nSPS) is 17.5. The van der Waals surface area contributed by atoms with Crippen LogP contribution in [0, 0.1) is 40.8 Å². The number of hydrogen-bond acceptors (Lipinski definition) is 1. The van der Waals surface area contributed by atoms with Gasteiger partial charge in [-0.3, -0.25) is 0 Å². The van der Waals surface area contributed by atoms with E-state index in [9.17, 15) is 35.1 Å². The maximum absolute atomic E-state index is 14.9. The molecule has 0 N–H and O–H groups in total. The highest BCUT2D eigenvalue weighted by molar-refractivity contribution is 5.71. The van der Waals surface area contributed by atoms with Gasteiger partial charge in [-0.2, -0.15) is 8.78 Å². The molecule has 4 aromatic carbocycles. The average molecular weight is 577 g/mol. The standard InChI is InChI=1S/C32H24F8O/c1-17-2-4-18(5-3-17)21-14-29(37)31(30(38)15-21)32(39,40)41-22-8-10-24(27(35)16-22)19-6-9-23(26(34)12-19)20-7-11-25(33)28(36)13-20/h6-18H,2-5H2,1H3. The van der Waals surface area contributed by atoms with Crippen LogP contribution in [0.1, 0.15) is 49.7 Å². The van der Waals surface area contributed by atoms with Crippen molar-refractivity contribution in [3.05, 3.63) is 113 Å². The second kappa shape index (κ2) is 11.2. The topological polar surface area (TPSA) is 9.23 Å². The summed E-state index contributed by atoms with van der Waals surface area (Å²) in [6.07, 6.45) is -1.30. The molecule has 0 bridgehead atoms.